The summed E-state index contributed by atoms with van der Waals surface area (Å²) in [6.07, 6.45) is 0.710. The topological polar surface area (TPSA) is 105 Å². The summed E-state index contributed by atoms with van der Waals surface area (Å²) in [5.41, 5.74) is 1.72. The van der Waals surface area contributed by atoms with Crippen molar-refractivity contribution in [3.05, 3.63) is 82.9 Å². The third-order valence-electron chi connectivity index (χ3n) is 6.98. The van der Waals surface area contributed by atoms with Crippen LogP contribution >= 0.6 is 11.6 Å². The first-order chi connectivity index (χ1) is 19.9. The molecular weight excluding hydrogens is 578 g/mol. The van der Waals surface area contributed by atoms with E-state index in [1.807, 2.05) is 20.8 Å². The van der Waals surface area contributed by atoms with E-state index in [9.17, 15) is 18.0 Å². The second-order valence-electron chi connectivity index (χ2n) is 10.0. The van der Waals surface area contributed by atoms with E-state index in [2.05, 4.69) is 5.32 Å². The summed E-state index contributed by atoms with van der Waals surface area (Å²) in [6.45, 7) is 6.75. The van der Waals surface area contributed by atoms with Gasteiger partial charge in [0.05, 0.1) is 24.8 Å². The molecule has 2 atom stereocenters. The summed E-state index contributed by atoms with van der Waals surface area (Å²) >= 11 is 6.06. The van der Waals surface area contributed by atoms with Crippen molar-refractivity contribution in [3.63, 3.8) is 0 Å². The first-order valence-corrected chi connectivity index (χ1v) is 15.4. The Bertz CT molecular complexity index is 1480. The molecule has 0 bridgehead atoms. The third kappa shape index (κ3) is 7.95. The van der Waals surface area contributed by atoms with E-state index < -0.39 is 28.5 Å². The molecule has 2 amide bonds. The largest absolute Gasteiger partial charge is 0.497 e. The van der Waals surface area contributed by atoms with Gasteiger partial charge in [0.25, 0.3) is 10.0 Å². The summed E-state index contributed by atoms with van der Waals surface area (Å²) in [7, 11) is -1.40. The highest BCUT2D eigenvalue weighted by Crippen LogP contribution is 2.36. The van der Waals surface area contributed by atoms with Gasteiger partial charge >= 0.3 is 0 Å². The molecule has 11 heteroatoms. The maximum atomic E-state index is 14.1. The lowest BCUT2D eigenvalue weighted by atomic mass is 10.1. The minimum atomic E-state index is -4.27. The van der Waals surface area contributed by atoms with Crippen molar-refractivity contribution in [3.8, 4) is 11.5 Å². The van der Waals surface area contributed by atoms with Gasteiger partial charge in [-0.2, -0.15) is 0 Å². The summed E-state index contributed by atoms with van der Waals surface area (Å²) in [5, 5.41) is 3.44. The van der Waals surface area contributed by atoms with Gasteiger partial charge in [0.2, 0.25) is 11.8 Å². The summed E-state index contributed by atoms with van der Waals surface area (Å²) in [6, 6.07) is 16.9. The molecule has 0 spiro atoms. The molecule has 0 aliphatic carbocycles. The lowest BCUT2D eigenvalue weighted by Crippen LogP contribution is -2.52. The zero-order valence-electron chi connectivity index (χ0n) is 24.8. The molecule has 0 saturated carbocycles. The average molecular weight is 616 g/mol. The fourth-order valence-electron chi connectivity index (χ4n) is 4.18. The molecule has 1 N–H and O–H groups in total. The van der Waals surface area contributed by atoms with Crippen LogP contribution in [-0.4, -0.2) is 58.0 Å². The maximum absolute atomic E-state index is 14.1. The van der Waals surface area contributed by atoms with Crippen LogP contribution in [0.25, 0.3) is 0 Å². The monoisotopic (exact) mass is 615 g/mol. The van der Waals surface area contributed by atoms with Crippen molar-refractivity contribution in [2.45, 2.75) is 57.6 Å². The van der Waals surface area contributed by atoms with Crippen molar-refractivity contribution >= 4 is 39.1 Å². The van der Waals surface area contributed by atoms with E-state index in [0.717, 1.165) is 15.4 Å². The number of ether oxygens (including phenoxy) is 2. The Morgan fingerprint density at radius 1 is 0.952 bits per heavy atom. The molecule has 42 heavy (non-hydrogen) atoms. The number of amides is 2. The predicted octanol–water partition coefficient (Wildman–Crippen LogP) is 5.19. The molecule has 3 rings (SSSR count). The van der Waals surface area contributed by atoms with Crippen molar-refractivity contribution in [1.29, 1.82) is 0 Å². The summed E-state index contributed by atoms with van der Waals surface area (Å²) in [4.78, 5) is 28.7. The number of sulfonamides is 1. The number of carbonyl (C=O) groups is 2. The Hall–Kier alpha value is -3.76. The minimum absolute atomic E-state index is 0.00223. The van der Waals surface area contributed by atoms with Crippen molar-refractivity contribution in [2.75, 3.05) is 25.1 Å². The van der Waals surface area contributed by atoms with Gasteiger partial charge in [-0.3, -0.25) is 13.9 Å². The normalized spacial score (nSPS) is 12.6. The molecule has 0 aromatic heterocycles. The standard InChI is InChI=1S/C31H38ClN3O6S/c1-7-22(3)33-31(37)23(4)34(19-24-10-12-25(32)13-11-24)30(36)20-35(28-18-26(40-5)14-17-29(28)41-6)42(38,39)27-15-8-21(2)9-16-27/h8-18,22-23H,7,19-20H2,1-6H3,(H,33,37)/t22-,23+/m1/s1. The second-order valence-corrected chi connectivity index (χ2v) is 12.3. The van der Waals surface area contributed by atoms with Gasteiger partial charge in [0.1, 0.15) is 24.1 Å². The Morgan fingerprint density at radius 2 is 1.60 bits per heavy atom. The maximum Gasteiger partial charge on any atom is 0.264 e. The molecule has 0 radical (unpaired) electrons. The van der Waals surface area contributed by atoms with Crippen LogP contribution in [0, 0.1) is 6.92 Å². The number of rotatable bonds is 13. The number of benzene rings is 3. The minimum Gasteiger partial charge on any atom is -0.497 e. The van der Waals surface area contributed by atoms with Crippen LogP contribution in [0.5, 0.6) is 11.5 Å². The van der Waals surface area contributed by atoms with Crippen LogP contribution in [0.15, 0.2) is 71.6 Å². The van der Waals surface area contributed by atoms with Crippen molar-refractivity contribution in [1.82, 2.24) is 10.2 Å². The number of hydrogen-bond donors (Lipinski definition) is 1. The molecule has 9 nitrogen and oxygen atoms in total. The number of nitrogens with one attached hydrogen (secondary N) is 1. The van der Waals surface area contributed by atoms with Gasteiger partial charge in [-0.1, -0.05) is 48.4 Å². The number of hydrogen-bond acceptors (Lipinski definition) is 6. The van der Waals surface area contributed by atoms with Crippen LogP contribution in [-0.2, 0) is 26.2 Å². The number of anilines is 1. The molecule has 0 unspecified atom stereocenters. The van der Waals surface area contributed by atoms with E-state index >= 15 is 0 Å². The van der Waals surface area contributed by atoms with Crippen LogP contribution in [0.4, 0.5) is 5.69 Å². The fourth-order valence-corrected chi connectivity index (χ4v) is 5.72. The Morgan fingerprint density at radius 3 is 2.17 bits per heavy atom. The fraction of sp³-hybridized carbons (Fsp3) is 0.355. The van der Waals surface area contributed by atoms with E-state index in [1.165, 1.54) is 37.3 Å². The predicted molar refractivity (Wildman–Crippen MR) is 165 cm³/mol. The van der Waals surface area contributed by atoms with Crippen LogP contribution < -0.4 is 19.1 Å². The van der Waals surface area contributed by atoms with Gasteiger partial charge in [-0.25, -0.2) is 8.42 Å². The second kappa shape index (κ2) is 14.4. The van der Waals surface area contributed by atoms with Gasteiger partial charge in [-0.05, 0) is 69.2 Å². The number of nitrogens with zero attached hydrogens (tertiary/aromatic N) is 2. The molecule has 0 aliphatic heterocycles. The quantitative estimate of drug-likeness (QED) is 0.284. The lowest BCUT2D eigenvalue weighted by molar-refractivity contribution is -0.139. The number of methoxy groups -OCH3 is 2. The molecule has 226 valence electrons. The van der Waals surface area contributed by atoms with Crippen LogP contribution in [0.3, 0.4) is 0 Å². The van der Waals surface area contributed by atoms with Crippen molar-refractivity contribution < 1.29 is 27.5 Å². The number of aryl methyl sites for hydroxylation is 1. The van der Waals surface area contributed by atoms with Crippen molar-refractivity contribution in [2.24, 2.45) is 0 Å². The molecular formula is C31H38ClN3O6S. The highest BCUT2D eigenvalue weighted by atomic mass is 35.5. The Balaban J connectivity index is 2.11. The SMILES string of the molecule is CC[C@@H](C)NC(=O)[C@H](C)N(Cc1ccc(Cl)cc1)C(=O)CN(c1cc(OC)ccc1OC)S(=O)(=O)c1ccc(C)cc1. The summed E-state index contributed by atoms with van der Waals surface area (Å²) in [5.74, 6) is -0.330. The van der Waals surface area contributed by atoms with Gasteiger partial charge in [-0.15, -0.1) is 0 Å². The summed E-state index contributed by atoms with van der Waals surface area (Å²) < 4.78 is 40.1. The molecule has 0 saturated heterocycles. The first kappa shape index (κ1) is 32.8. The number of carbonyl (C=O) groups excluding carboxylic acids is 2. The van der Waals surface area contributed by atoms with Gasteiger partial charge < -0.3 is 19.7 Å². The highest BCUT2D eigenvalue weighted by molar-refractivity contribution is 7.92. The number of halogens is 1. The van der Waals surface area contributed by atoms with E-state index in [0.29, 0.717) is 17.2 Å². The molecule has 3 aromatic rings. The smallest absolute Gasteiger partial charge is 0.264 e. The molecule has 0 aliphatic rings. The Kier molecular flexibility index (Phi) is 11.2. The van der Waals surface area contributed by atoms with Crippen LogP contribution in [0.2, 0.25) is 5.02 Å². The van der Waals surface area contributed by atoms with Crippen LogP contribution in [0.1, 0.15) is 38.3 Å². The molecule has 0 fully saturated rings. The zero-order chi connectivity index (χ0) is 31.0. The van der Waals surface area contributed by atoms with Gasteiger partial charge in [0.15, 0.2) is 0 Å². The lowest BCUT2D eigenvalue weighted by Gasteiger charge is -2.33. The van der Waals surface area contributed by atoms with E-state index in [-0.39, 0.29) is 34.8 Å². The Labute approximate surface area is 253 Å². The first-order valence-electron chi connectivity index (χ1n) is 13.6. The zero-order valence-corrected chi connectivity index (χ0v) is 26.3. The molecule has 0 heterocycles. The van der Waals surface area contributed by atoms with Gasteiger partial charge in [0, 0.05) is 23.7 Å². The van der Waals surface area contributed by atoms with E-state index in [1.54, 1.807) is 55.5 Å². The average Bonchev–Trinajstić information content (AvgIpc) is 2.98. The third-order valence-corrected chi connectivity index (χ3v) is 9.00. The molecule has 3 aromatic carbocycles. The van der Waals surface area contributed by atoms with E-state index in [4.69, 9.17) is 21.1 Å². The highest BCUT2D eigenvalue weighted by Gasteiger charge is 2.34.